The molecule has 30 heavy (non-hydrogen) atoms. The van der Waals surface area contributed by atoms with E-state index in [4.69, 9.17) is 9.72 Å². The number of rotatable bonds is 7. The number of thiazole rings is 1. The number of fused-ring (bicyclic) bond motifs is 3. The lowest BCUT2D eigenvalue weighted by Gasteiger charge is -2.26. The van der Waals surface area contributed by atoms with Gasteiger partial charge in [0.15, 0.2) is 4.96 Å². The van der Waals surface area contributed by atoms with Gasteiger partial charge in [-0.25, -0.2) is 4.98 Å². The largest absolute Gasteiger partial charge is 0.378 e. The molecule has 1 unspecified atom stereocenters. The second-order valence-electron chi connectivity index (χ2n) is 9.51. The maximum Gasteiger partial charge on any atom is 0.265 e. The molecule has 3 heterocycles. The second kappa shape index (κ2) is 8.65. The zero-order valence-corrected chi connectivity index (χ0v) is 19.2. The van der Waals surface area contributed by atoms with Gasteiger partial charge in [-0.05, 0) is 48.9 Å². The van der Waals surface area contributed by atoms with E-state index in [1.807, 2.05) is 17.6 Å². The van der Waals surface area contributed by atoms with Crippen LogP contribution in [0.3, 0.4) is 0 Å². The van der Waals surface area contributed by atoms with E-state index >= 15 is 0 Å². The Morgan fingerprint density at radius 2 is 2.23 bits per heavy atom. The van der Waals surface area contributed by atoms with Crippen LogP contribution < -0.4 is 5.32 Å². The van der Waals surface area contributed by atoms with E-state index in [0.29, 0.717) is 6.10 Å². The first-order valence-corrected chi connectivity index (χ1v) is 11.6. The third kappa shape index (κ3) is 4.85. The molecule has 1 aliphatic heterocycles. The highest BCUT2D eigenvalue weighted by molar-refractivity contribution is 7.18. The standard InChI is InChI=1S/C23H32N4O2S/c1-23(2,3)15-26(4)21(28)20-14-27-19-8-7-16(12-18(19)25-22(27)30-20)13-24-10-9-17-6-5-11-29-17/h7-8,12,14,17,24H,5-6,9-11,13,15H2,1-4H3. The zero-order valence-electron chi connectivity index (χ0n) is 18.4. The van der Waals surface area contributed by atoms with Gasteiger partial charge in [0.1, 0.15) is 4.88 Å². The molecular weight excluding hydrogens is 396 g/mol. The molecule has 1 atom stereocenters. The van der Waals surface area contributed by atoms with Gasteiger partial charge in [-0.2, -0.15) is 0 Å². The molecule has 1 amide bonds. The number of imidazole rings is 1. The summed E-state index contributed by atoms with van der Waals surface area (Å²) in [5.41, 5.74) is 3.31. The summed E-state index contributed by atoms with van der Waals surface area (Å²) in [4.78, 5) is 21.0. The molecule has 1 saturated heterocycles. The van der Waals surface area contributed by atoms with E-state index in [1.54, 1.807) is 4.90 Å². The van der Waals surface area contributed by atoms with Crippen LogP contribution in [-0.4, -0.2) is 53.0 Å². The first kappa shape index (κ1) is 21.3. The van der Waals surface area contributed by atoms with Gasteiger partial charge in [0.05, 0.1) is 17.1 Å². The predicted octanol–water partition coefficient (Wildman–Crippen LogP) is 4.33. The number of hydrogen-bond donors (Lipinski definition) is 1. The normalized spacial score (nSPS) is 17.3. The van der Waals surface area contributed by atoms with E-state index in [-0.39, 0.29) is 11.3 Å². The van der Waals surface area contributed by atoms with E-state index in [0.717, 1.165) is 53.5 Å². The number of carbonyl (C=O) groups excluding carboxylic acids is 1. The molecule has 1 aliphatic rings. The average molecular weight is 429 g/mol. The van der Waals surface area contributed by atoms with Crippen LogP contribution >= 0.6 is 11.3 Å². The third-order valence-electron chi connectivity index (χ3n) is 5.43. The molecule has 6 nitrogen and oxygen atoms in total. The lowest BCUT2D eigenvalue weighted by Crippen LogP contribution is -2.34. The lowest BCUT2D eigenvalue weighted by molar-refractivity contribution is 0.0750. The number of nitrogens with one attached hydrogen (secondary N) is 1. The van der Waals surface area contributed by atoms with Crippen molar-refractivity contribution in [1.82, 2.24) is 19.6 Å². The molecule has 3 aromatic rings. The summed E-state index contributed by atoms with van der Waals surface area (Å²) in [5, 5.41) is 3.51. The molecule has 1 aromatic carbocycles. The number of carbonyl (C=O) groups is 1. The van der Waals surface area contributed by atoms with E-state index in [9.17, 15) is 4.79 Å². The van der Waals surface area contributed by atoms with Gasteiger partial charge >= 0.3 is 0 Å². The number of hydrogen-bond acceptors (Lipinski definition) is 5. The Kier molecular flexibility index (Phi) is 6.14. The summed E-state index contributed by atoms with van der Waals surface area (Å²) < 4.78 is 7.71. The van der Waals surface area contributed by atoms with Crippen molar-refractivity contribution in [2.24, 2.45) is 5.41 Å². The maximum absolute atomic E-state index is 12.8. The van der Waals surface area contributed by atoms with Gasteiger partial charge in [0.25, 0.3) is 5.91 Å². The number of amides is 1. The molecule has 7 heteroatoms. The molecule has 0 saturated carbocycles. The van der Waals surface area contributed by atoms with E-state index in [2.05, 4.69) is 44.3 Å². The predicted molar refractivity (Wildman–Crippen MR) is 122 cm³/mol. The summed E-state index contributed by atoms with van der Waals surface area (Å²) in [6, 6.07) is 6.38. The summed E-state index contributed by atoms with van der Waals surface area (Å²) in [6.07, 6.45) is 5.81. The van der Waals surface area contributed by atoms with E-state index < -0.39 is 0 Å². The fourth-order valence-corrected chi connectivity index (χ4v) is 5.10. The Morgan fingerprint density at radius 3 is 2.97 bits per heavy atom. The van der Waals surface area contributed by atoms with Gasteiger partial charge < -0.3 is 15.0 Å². The molecule has 0 bridgehead atoms. The third-order valence-corrected chi connectivity index (χ3v) is 6.40. The van der Waals surface area contributed by atoms with Crippen LogP contribution in [0.1, 0.15) is 55.3 Å². The average Bonchev–Trinajstić information content (AvgIpc) is 3.39. The Hall–Kier alpha value is -1.96. The fraction of sp³-hybridized carbons (Fsp3) is 0.565. The lowest BCUT2D eigenvalue weighted by atomic mass is 9.96. The first-order valence-electron chi connectivity index (χ1n) is 10.8. The summed E-state index contributed by atoms with van der Waals surface area (Å²) in [7, 11) is 1.87. The van der Waals surface area contributed by atoms with Gasteiger partial charge in [0, 0.05) is 32.9 Å². The van der Waals surface area contributed by atoms with Crippen molar-refractivity contribution in [3.63, 3.8) is 0 Å². The topological polar surface area (TPSA) is 58.9 Å². The van der Waals surface area contributed by atoms with Crippen LogP contribution in [0.25, 0.3) is 16.0 Å². The van der Waals surface area contributed by atoms with Gasteiger partial charge in [-0.1, -0.05) is 38.2 Å². The van der Waals surface area contributed by atoms with Crippen molar-refractivity contribution in [2.75, 3.05) is 26.7 Å². The Morgan fingerprint density at radius 1 is 1.40 bits per heavy atom. The highest BCUT2D eigenvalue weighted by Gasteiger charge is 2.21. The monoisotopic (exact) mass is 428 g/mol. The molecule has 2 aromatic heterocycles. The number of ether oxygens (including phenoxy) is 1. The molecule has 0 aliphatic carbocycles. The molecule has 4 rings (SSSR count). The molecule has 1 N–H and O–H groups in total. The summed E-state index contributed by atoms with van der Waals surface area (Å²) >= 11 is 1.46. The van der Waals surface area contributed by atoms with Crippen molar-refractivity contribution in [3.05, 3.63) is 34.8 Å². The Labute approximate surface area is 182 Å². The molecular formula is C23H32N4O2S. The highest BCUT2D eigenvalue weighted by atomic mass is 32.1. The van der Waals surface area contributed by atoms with Crippen molar-refractivity contribution in [3.8, 4) is 0 Å². The van der Waals surface area contributed by atoms with Crippen LogP contribution in [-0.2, 0) is 11.3 Å². The SMILES string of the molecule is CN(CC(C)(C)C)C(=O)c1cn2c(nc3cc(CNCCC4CCCO4)ccc32)s1. The molecule has 1 fully saturated rings. The fourth-order valence-electron chi connectivity index (χ4n) is 4.11. The van der Waals surface area contributed by atoms with Crippen LogP contribution in [0.5, 0.6) is 0 Å². The number of aromatic nitrogens is 2. The van der Waals surface area contributed by atoms with Gasteiger partial charge in [-0.15, -0.1) is 0 Å². The van der Waals surface area contributed by atoms with Crippen LogP contribution in [0, 0.1) is 5.41 Å². The van der Waals surface area contributed by atoms with Gasteiger partial charge in [-0.3, -0.25) is 9.20 Å². The van der Waals surface area contributed by atoms with Crippen LogP contribution in [0.2, 0.25) is 0 Å². The van der Waals surface area contributed by atoms with Crippen molar-refractivity contribution < 1.29 is 9.53 Å². The van der Waals surface area contributed by atoms with Gasteiger partial charge in [0.2, 0.25) is 0 Å². The number of nitrogens with zero attached hydrogens (tertiary/aromatic N) is 3. The number of benzene rings is 1. The van der Waals surface area contributed by atoms with Crippen LogP contribution in [0.15, 0.2) is 24.4 Å². The summed E-state index contributed by atoms with van der Waals surface area (Å²) in [6.45, 7) is 9.85. The second-order valence-corrected chi connectivity index (χ2v) is 10.5. The molecule has 162 valence electrons. The van der Waals surface area contributed by atoms with Crippen molar-refractivity contribution in [1.29, 1.82) is 0 Å². The Balaban J connectivity index is 1.42. The first-order chi connectivity index (χ1) is 14.3. The van der Waals surface area contributed by atoms with Crippen molar-refractivity contribution >= 4 is 33.2 Å². The zero-order chi connectivity index (χ0) is 21.3. The minimum atomic E-state index is 0.0561. The minimum absolute atomic E-state index is 0.0561. The molecule has 0 spiro atoms. The van der Waals surface area contributed by atoms with Crippen molar-refractivity contribution in [2.45, 2.75) is 52.7 Å². The maximum atomic E-state index is 12.8. The molecule has 0 radical (unpaired) electrons. The summed E-state index contributed by atoms with van der Waals surface area (Å²) in [5.74, 6) is 0.0561. The highest BCUT2D eigenvalue weighted by Crippen LogP contribution is 2.26. The quantitative estimate of drug-likeness (QED) is 0.569. The van der Waals surface area contributed by atoms with Crippen LogP contribution in [0.4, 0.5) is 0 Å². The minimum Gasteiger partial charge on any atom is -0.378 e. The smallest absolute Gasteiger partial charge is 0.265 e. The van der Waals surface area contributed by atoms with E-state index in [1.165, 1.54) is 29.7 Å². The Bertz CT molecular complexity index is 1030.